The van der Waals surface area contributed by atoms with Crippen molar-refractivity contribution < 1.29 is 0 Å². The number of aryl methyl sites for hydroxylation is 2. The van der Waals surface area contributed by atoms with E-state index in [1.165, 1.54) is 36.0 Å². The lowest BCUT2D eigenvalue weighted by molar-refractivity contribution is 0.574. The Morgan fingerprint density at radius 2 is 1.42 bits per heavy atom. The van der Waals surface area contributed by atoms with Crippen molar-refractivity contribution in [2.45, 2.75) is 92.8 Å². The second kappa shape index (κ2) is 16.9. The highest BCUT2D eigenvalue weighted by atomic mass is 16.2. The predicted octanol–water partition coefficient (Wildman–Crippen LogP) is 4.22. The minimum Gasteiger partial charge on any atom is -0.331 e. The molecule has 0 spiro atoms. The van der Waals surface area contributed by atoms with E-state index in [9.17, 15) is 14.4 Å². The van der Waals surface area contributed by atoms with E-state index in [1.807, 2.05) is 11.5 Å². The molecule has 2 N–H and O–H groups in total. The second-order valence-corrected chi connectivity index (χ2v) is 7.79. The number of unbranched alkanes of at least 4 members (excludes halogenated alkanes) is 2. The maximum Gasteiger partial charge on any atom is 0.333 e. The second-order valence-electron chi connectivity index (χ2n) is 7.79. The summed E-state index contributed by atoms with van der Waals surface area (Å²) in [5.41, 5.74) is 5.32. The van der Waals surface area contributed by atoms with Gasteiger partial charge < -0.3 is 10.3 Å². The van der Waals surface area contributed by atoms with E-state index in [-0.39, 0.29) is 23.9 Å². The molecular formula is C26H44N4O3. The Morgan fingerprint density at radius 1 is 0.879 bits per heavy atom. The van der Waals surface area contributed by atoms with Crippen LogP contribution < -0.4 is 22.4 Å². The normalized spacial score (nSPS) is 10.1. The van der Waals surface area contributed by atoms with Crippen LogP contribution in [0.2, 0.25) is 0 Å². The van der Waals surface area contributed by atoms with Crippen LogP contribution >= 0.6 is 0 Å². The molecule has 0 saturated carbocycles. The number of aromatic nitrogens is 3. The van der Waals surface area contributed by atoms with Gasteiger partial charge in [0.1, 0.15) is 11.0 Å². The predicted molar refractivity (Wildman–Crippen MR) is 141 cm³/mol. The SMILES string of the molecule is C=CCn1c(=O)c2c(=O)cc(CC)n(CCCCN)c2n(CC=C)c1=O.CCC.CCCC. The third-order valence-corrected chi connectivity index (χ3v) is 4.87. The van der Waals surface area contributed by atoms with Gasteiger partial charge in [0.2, 0.25) is 0 Å². The number of allylic oxidation sites excluding steroid dienone is 2. The van der Waals surface area contributed by atoms with Gasteiger partial charge in [-0.15, -0.1) is 13.2 Å². The number of fused-ring (bicyclic) bond motifs is 1. The van der Waals surface area contributed by atoms with Crippen molar-refractivity contribution in [1.82, 2.24) is 13.7 Å². The standard InChI is InChI=1S/C19H26N4O3.C4H10.C3H8/c1-4-10-22-17-16(18(25)23(11-5-2)19(22)26)15(24)13-14(6-3)21(17)12-8-7-9-20;1-3-4-2;1-3-2/h4-5,13H,1-2,6-12,20H2,3H3;3-4H2,1-2H3;3H2,1-2H3. The third kappa shape index (κ3) is 8.31. The van der Waals surface area contributed by atoms with Crippen molar-refractivity contribution in [1.29, 1.82) is 0 Å². The number of hydrogen-bond acceptors (Lipinski definition) is 4. The van der Waals surface area contributed by atoms with Gasteiger partial charge >= 0.3 is 5.69 Å². The van der Waals surface area contributed by atoms with Crippen molar-refractivity contribution in [3.05, 3.63) is 68.1 Å². The number of rotatable bonds is 10. The zero-order chi connectivity index (χ0) is 25.4. The molecule has 7 nitrogen and oxygen atoms in total. The fourth-order valence-corrected chi connectivity index (χ4v) is 3.16. The van der Waals surface area contributed by atoms with Gasteiger partial charge in [-0.3, -0.25) is 18.7 Å². The smallest absolute Gasteiger partial charge is 0.331 e. The molecule has 0 aliphatic heterocycles. The molecule has 0 aliphatic carbocycles. The lowest BCUT2D eigenvalue weighted by Gasteiger charge is -2.20. The Kier molecular flexibility index (Phi) is 15.5. The highest BCUT2D eigenvalue weighted by molar-refractivity contribution is 5.75. The molecule has 0 bridgehead atoms. The van der Waals surface area contributed by atoms with Crippen LogP contribution in [0.3, 0.4) is 0 Å². The van der Waals surface area contributed by atoms with Gasteiger partial charge in [-0.2, -0.15) is 0 Å². The Bertz CT molecular complexity index is 1040. The Morgan fingerprint density at radius 3 is 1.88 bits per heavy atom. The monoisotopic (exact) mass is 460 g/mol. The highest BCUT2D eigenvalue weighted by Gasteiger charge is 2.19. The van der Waals surface area contributed by atoms with Crippen molar-refractivity contribution in [2.75, 3.05) is 6.54 Å². The Hall–Kier alpha value is -2.67. The highest BCUT2D eigenvalue weighted by Crippen LogP contribution is 2.12. The van der Waals surface area contributed by atoms with E-state index < -0.39 is 11.2 Å². The number of hydrogen-bond donors (Lipinski definition) is 1. The molecule has 0 saturated heterocycles. The topological polar surface area (TPSA) is 92.0 Å². The molecule has 33 heavy (non-hydrogen) atoms. The van der Waals surface area contributed by atoms with E-state index in [4.69, 9.17) is 5.73 Å². The number of nitrogens with two attached hydrogens (primary N) is 1. The summed E-state index contributed by atoms with van der Waals surface area (Å²) in [6.07, 6.45) is 9.16. The largest absolute Gasteiger partial charge is 0.333 e. The van der Waals surface area contributed by atoms with Gasteiger partial charge in [0.15, 0.2) is 5.43 Å². The van der Waals surface area contributed by atoms with Crippen molar-refractivity contribution in [3.8, 4) is 0 Å². The minimum atomic E-state index is -0.578. The van der Waals surface area contributed by atoms with Crippen molar-refractivity contribution in [3.63, 3.8) is 0 Å². The Labute approximate surface area is 198 Å². The molecule has 0 amide bonds. The summed E-state index contributed by atoms with van der Waals surface area (Å²) < 4.78 is 4.38. The maximum atomic E-state index is 12.9. The first-order chi connectivity index (χ1) is 15.8. The number of pyridine rings is 1. The van der Waals surface area contributed by atoms with Crippen LogP contribution in [0.5, 0.6) is 0 Å². The van der Waals surface area contributed by atoms with Crippen molar-refractivity contribution in [2.24, 2.45) is 5.73 Å². The molecule has 2 aromatic rings. The van der Waals surface area contributed by atoms with Gasteiger partial charge in [-0.1, -0.05) is 66.0 Å². The molecule has 0 unspecified atom stereocenters. The van der Waals surface area contributed by atoms with Crippen LogP contribution in [0.1, 0.15) is 72.4 Å². The minimum absolute atomic E-state index is 0.0262. The fraction of sp³-hybridized carbons (Fsp3) is 0.577. The van der Waals surface area contributed by atoms with Crippen LogP contribution in [0.4, 0.5) is 0 Å². The molecule has 2 heterocycles. The average Bonchev–Trinajstić information content (AvgIpc) is 2.80. The summed E-state index contributed by atoms with van der Waals surface area (Å²) in [5, 5.41) is 0.0262. The van der Waals surface area contributed by atoms with E-state index in [0.29, 0.717) is 25.2 Å². The average molecular weight is 461 g/mol. The summed E-state index contributed by atoms with van der Waals surface area (Å²) in [6, 6.07) is 1.49. The van der Waals surface area contributed by atoms with Gasteiger partial charge in [0, 0.05) is 31.4 Å². The van der Waals surface area contributed by atoms with Gasteiger partial charge in [-0.05, 0) is 25.8 Å². The summed E-state index contributed by atoms with van der Waals surface area (Å²) in [7, 11) is 0. The molecule has 7 heteroatoms. The van der Waals surface area contributed by atoms with Gasteiger partial charge in [0.05, 0.1) is 0 Å². The summed E-state index contributed by atoms with van der Waals surface area (Å²) in [4.78, 5) is 38.4. The summed E-state index contributed by atoms with van der Waals surface area (Å²) in [5.74, 6) is 0. The van der Waals surface area contributed by atoms with Crippen molar-refractivity contribution >= 4 is 11.0 Å². The van der Waals surface area contributed by atoms with Crippen LogP contribution in [-0.4, -0.2) is 20.2 Å². The maximum absolute atomic E-state index is 12.9. The molecule has 0 aromatic carbocycles. The molecule has 2 rings (SSSR count). The van der Waals surface area contributed by atoms with Gasteiger partial charge in [-0.25, -0.2) is 4.79 Å². The first-order valence-corrected chi connectivity index (χ1v) is 12.2. The Balaban J connectivity index is 0.00000129. The fourth-order valence-electron chi connectivity index (χ4n) is 3.16. The molecule has 0 radical (unpaired) electrons. The lowest BCUT2D eigenvalue weighted by atomic mass is 10.2. The summed E-state index contributed by atoms with van der Waals surface area (Å²) in [6.45, 7) is 19.2. The molecule has 0 aliphatic rings. The van der Waals surface area contributed by atoms with Crippen LogP contribution in [-0.2, 0) is 26.1 Å². The molecular weight excluding hydrogens is 416 g/mol. The zero-order valence-corrected chi connectivity index (χ0v) is 21.4. The number of nitrogens with zero attached hydrogens (tertiary/aromatic N) is 3. The van der Waals surface area contributed by atoms with E-state index in [2.05, 4.69) is 40.9 Å². The molecule has 2 aromatic heterocycles. The van der Waals surface area contributed by atoms with Crippen LogP contribution in [0.25, 0.3) is 11.0 Å². The van der Waals surface area contributed by atoms with Crippen LogP contribution in [0.15, 0.2) is 45.8 Å². The molecule has 0 atom stereocenters. The third-order valence-electron chi connectivity index (χ3n) is 4.87. The van der Waals surface area contributed by atoms with Gasteiger partial charge in [0.25, 0.3) is 5.56 Å². The quantitative estimate of drug-likeness (QED) is 0.424. The lowest BCUT2D eigenvalue weighted by Crippen LogP contribution is -2.43. The molecule has 186 valence electrons. The zero-order valence-electron chi connectivity index (χ0n) is 21.4. The molecule has 0 fully saturated rings. The van der Waals surface area contributed by atoms with E-state index in [0.717, 1.165) is 23.1 Å². The van der Waals surface area contributed by atoms with E-state index >= 15 is 0 Å². The summed E-state index contributed by atoms with van der Waals surface area (Å²) >= 11 is 0. The first-order valence-electron chi connectivity index (χ1n) is 12.2. The first kappa shape index (κ1) is 30.3. The van der Waals surface area contributed by atoms with E-state index in [1.54, 1.807) is 6.08 Å². The van der Waals surface area contributed by atoms with Crippen LogP contribution in [0, 0.1) is 0 Å².